The zero-order valence-corrected chi connectivity index (χ0v) is 10.1. The van der Waals surface area contributed by atoms with Crippen molar-refractivity contribution >= 4 is 11.4 Å². The van der Waals surface area contributed by atoms with Crippen molar-refractivity contribution < 1.29 is 14.1 Å². The SMILES string of the molecule is CC(Nc1ccc([N+](=O)[O-])cc1F)C1CCCO1. The average Bonchev–Trinajstić information content (AvgIpc) is 2.85. The number of halogens is 1. The van der Waals surface area contributed by atoms with E-state index in [-0.39, 0.29) is 23.5 Å². The topological polar surface area (TPSA) is 64.4 Å². The van der Waals surface area contributed by atoms with E-state index in [4.69, 9.17) is 4.74 Å². The van der Waals surface area contributed by atoms with Crippen molar-refractivity contribution in [3.63, 3.8) is 0 Å². The van der Waals surface area contributed by atoms with Gasteiger partial charge >= 0.3 is 0 Å². The first-order valence-corrected chi connectivity index (χ1v) is 5.90. The van der Waals surface area contributed by atoms with E-state index in [0.29, 0.717) is 0 Å². The summed E-state index contributed by atoms with van der Waals surface area (Å²) >= 11 is 0. The molecule has 0 bridgehead atoms. The molecule has 0 amide bonds. The summed E-state index contributed by atoms with van der Waals surface area (Å²) < 4.78 is 19.1. The van der Waals surface area contributed by atoms with Gasteiger partial charge in [0.15, 0.2) is 5.82 Å². The van der Waals surface area contributed by atoms with E-state index in [1.165, 1.54) is 12.1 Å². The van der Waals surface area contributed by atoms with Crippen molar-refractivity contribution in [2.24, 2.45) is 0 Å². The Kier molecular flexibility index (Phi) is 3.76. The normalized spacial score (nSPS) is 20.7. The predicted molar refractivity (Wildman–Crippen MR) is 65.1 cm³/mol. The Balaban J connectivity index is 2.06. The van der Waals surface area contributed by atoms with E-state index in [1.54, 1.807) is 0 Å². The first kappa shape index (κ1) is 12.8. The van der Waals surface area contributed by atoms with Crippen LogP contribution < -0.4 is 5.32 Å². The molecule has 2 atom stereocenters. The van der Waals surface area contributed by atoms with Crippen LogP contribution in [0.2, 0.25) is 0 Å². The maximum Gasteiger partial charge on any atom is 0.272 e. The molecule has 0 radical (unpaired) electrons. The summed E-state index contributed by atoms with van der Waals surface area (Å²) in [7, 11) is 0. The number of nitro benzene ring substituents is 1. The van der Waals surface area contributed by atoms with Crippen LogP contribution in [0.15, 0.2) is 18.2 Å². The highest BCUT2D eigenvalue weighted by Crippen LogP contribution is 2.23. The molecule has 0 spiro atoms. The zero-order chi connectivity index (χ0) is 13.1. The molecule has 6 heteroatoms. The smallest absolute Gasteiger partial charge is 0.272 e. The molecule has 1 aromatic rings. The van der Waals surface area contributed by atoms with Gasteiger partial charge in [0.2, 0.25) is 0 Å². The molecular formula is C12H15FN2O3. The second kappa shape index (κ2) is 5.30. The summed E-state index contributed by atoms with van der Waals surface area (Å²) in [6, 6.07) is 3.57. The van der Waals surface area contributed by atoms with E-state index in [1.807, 2.05) is 6.92 Å². The second-order valence-electron chi connectivity index (χ2n) is 4.41. The number of rotatable bonds is 4. The number of nitrogens with one attached hydrogen (secondary N) is 1. The highest BCUT2D eigenvalue weighted by molar-refractivity contribution is 5.50. The Labute approximate surface area is 104 Å². The third-order valence-corrected chi connectivity index (χ3v) is 3.07. The third-order valence-electron chi connectivity index (χ3n) is 3.07. The van der Waals surface area contributed by atoms with Crippen LogP contribution in [0.3, 0.4) is 0 Å². The molecule has 18 heavy (non-hydrogen) atoms. The fourth-order valence-electron chi connectivity index (χ4n) is 2.07. The molecule has 2 rings (SSSR count). The second-order valence-corrected chi connectivity index (χ2v) is 4.41. The minimum atomic E-state index is -0.617. The van der Waals surface area contributed by atoms with Crippen LogP contribution in [0.1, 0.15) is 19.8 Å². The van der Waals surface area contributed by atoms with Crippen LogP contribution in [0.4, 0.5) is 15.8 Å². The average molecular weight is 254 g/mol. The number of hydrogen-bond acceptors (Lipinski definition) is 4. The van der Waals surface area contributed by atoms with Crippen LogP contribution >= 0.6 is 0 Å². The van der Waals surface area contributed by atoms with Crippen molar-refractivity contribution in [2.75, 3.05) is 11.9 Å². The lowest BCUT2D eigenvalue weighted by molar-refractivity contribution is -0.385. The Bertz CT molecular complexity index is 447. The van der Waals surface area contributed by atoms with Gasteiger partial charge in [-0.25, -0.2) is 4.39 Å². The molecule has 1 heterocycles. The van der Waals surface area contributed by atoms with Gasteiger partial charge in [-0.15, -0.1) is 0 Å². The van der Waals surface area contributed by atoms with Gasteiger partial charge in [-0.1, -0.05) is 0 Å². The highest BCUT2D eigenvalue weighted by Gasteiger charge is 2.23. The summed E-state index contributed by atoms with van der Waals surface area (Å²) in [5.74, 6) is -0.617. The fraction of sp³-hybridized carbons (Fsp3) is 0.500. The lowest BCUT2D eigenvalue weighted by atomic mass is 10.1. The Hall–Kier alpha value is -1.69. The van der Waals surface area contributed by atoms with Gasteiger partial charge in [-0.2, -0.15) is 0 Å². The molecule has 1 fully saturated rings. The monoisotopic (exact) mass is 254 g/mol. The Morgan fingerprint density at radius 1 is 1.61 bits per heavy atom. The van der Waals surface area contributed by atoms with Gasteiger partial charge < -0.3 is 10.1 Å². The molecule has 1 saturated heterocycles. The number of hydrogen-bond donors (Lipinski definition) is 1. The van der Waals surface area contributed by atoms with E-state index in [0.717, 1.165) is 25.5 Å². The van der Waals surface area contributed by atoms with Gasteiger partial charge in [0.05, 0.1) is 22.8 Å². The van der Waals surface area contributed by atoms with Crippen LogP contribution in [0.5, 0.6) is 0 Å². The van der Waals surface area contributed by atoms with Gasteiger partial charge in [-0.05, 0) is 25.8 Å². The number of non-ortho nitro benzene ring substituents is 1. The summed E-state index contributed by atoms with van der Waals surface area (Å²) in [6.45, 7) is 2.65. The summed E-state index contributed by atoms with van der Waals surface area (Å²) in [5.41, 5.74) is 0.0198. The Morgan fingerprint density at radius 3 is 2.94 bits per heavy atom. The summed E-state index contributed by atoms with van der Waals surface area (Å²) in [5, 5.41) is 13.5. The van der Waals surface area contributed by atoms with Crippen molar-refractivity contribution in [2.45, 2.75) is 31.9 Å². The molecule has 2 unspecified atom stereocenters. The van der Waals surface area contributed by atoms with Crippen LogP contribution in [-0.4, -0.2) is 23.7 Å². The predicted octanol–water partition coefficient (Wildman–Crippen LogP) is 2.71. The first-order valence-electron chi connectivity index (χ1n) is 5.90. The van der Waals surface area contributed by atoms with E-state index in [9.17, 15) is 14.5 Å². The van der Waals surface area contributed by atoms with Crippen molar-refractivity contribution in [3.8, 4) is 0 Å². The number of benzene rings is 1. The molecule has 1 aromatic carbocycles. The molecule has 5 nitrogen and oxygen atoms in total. The molecule has 0 aromatic heterocycles. The van der Waals surface area contributed by atoms with Crippen LogP contribution in [-0.2, 0) is 4.74 Å². The lowest BCUT2D eigenvalue weighted by Crippen LogP contribution is -2.30. The third kappa shape index (κ3) is 2.76. The standard InChI is InChI=1S/C12H15FN2O3/c1-8(12-3-2-6-18-12)14-11-5-4-9(15(16)17)7-10(11)13/h4-5,7-8,12,14H,2-3,6H2,1H3. The lowest BCUT2D eigenvalue weighted by Gasteiger charge is -2.21. The fourth-order valence-corrected chi connectivity index (χ4v) is 2.07. The minimum Gasteiger partial charge on any atom is -0.378 e. The van der Waals surface area contributed by atoms with Crippen molar-refractivity contribution in [1.29, 1.82) is 0 Å². The molecule has 1 aliphatic heterocycles. The van der Waals surface area contributed by atoms with Crippen molar-refractivity contribution in [1.82, 2.24) is 0 Å². The van der Waals surface area contributed by atoms with E-state index >= 15 is 0 Å². The summed E-state index contributed by atoms with van der Waals surface area (Å²) in [4.78, 5) is 9.88. The first-order chi connectivity index (χ1) is 8.58. The molecule has 1 aliphatic rings. The zero-order valence-electron chi connectivity index (χ0n) is 10.1. The summed E-state index contributed by atoms with van der Waals surface area (Å²) in [6.07, 6.45) is 2.03. The Morgan fingerprint density at radius 2 is 2.39 bits per heavy atom. The number of nitrogens with zero attached hydrogens (tertiary/aromatic N) is 1. The van der Waals surface area contributed by atoms with Crippen molar-refractivity contribution in [3.05, 3.63) is 34.1 Å². The van der Waals surface area contributed by atoms with Gasteiger partial charge in [0.25, 0.3) is 5.69 Å². The van der Waals surface area contributed by atoms with E-state index < -0.39 is 10.7 Å². The quantitative estimate of drug-likeness (QED) is 0.662. The number of ether oxygens (including phenoxy) is 1. The highest BCUT2D eigenvalue weighted by atomic mass is 19.1. The van der Waals surface area contributed by atoms with Gasteiger partial charge in [0, 0.05) is 18.7 Å². The number of anilines is 1. The minimum absolute atomic E-state index is 0.0246. The van der Waals surface area contributed by atoms with Gasteiger partial charge in [-0.3, -0.25) is 10.1 Å². The van der Waals surface area contributed by atoms with E-state index in [2.05, 4.69) is 5.32 Å². The molecule has 1 N–H and O–H groups in total. The number of nitro groups is 1. The van der Waals surface area contributed by atoms with Crippen LogP contribution in [0, 0.1) is 15.9 Å². The molecule has 0 aliphatic carbocycles. The largest absolute Gasteiger partial charge is 0.378 e. The molecule has 0 saturated carbocycles. The van der Waals surface area contributed by atoms with Crippen LogP contribution in [0.25, 0.3) is 0 Å². The molecular weight excluding hydrogens is 239 g/mol. The molecule has 98 valence electrons. The van der Waals surface area contributed by atoms with Gasteiger partial charge in [0.1, 0.15) is 0 Å². The maximum absolute atomic E-state index is 13.6. The maximum atomic E-state index is 13.6.